The van der Waals surface area contributed by atoms with E-state index in [1.54, 1.807) is 50.2 Å². The molecule has 0 radical (unpaired) electrons. The van der Waals surface area contributed by atoms with Crippen molar-refractivity contribution in [1.29, 1.82) is 0 Å². The molecular weight excluding hydrogens is 528 g/mol. The number of hydrogen-bond donors (Lipinski definition) is 4. The fourth-order valence-corrected chi connectivity index (χ4v) is 3.87. The second-order valence-electron chi connectivity index (χ2n) is 8.09. The molecule has 39 heavy (non-hydrogen) atoms. The Kier molecular flexibility index (Phi) is 10.4. The quantitative estimate of drug-likeness (QED) is 0.103. The molecule has 12 heteroatoms. The zero-order valence-corrected chi connectivity index (χ0v) is 22.4. The summed E-state index contributed by atoms with van der Waals surface area (Å²) in [7, 11) is 1.27. The van der Waals surface area contributed by atoms with Crippen LogP contribution in [-0.2, 0) is 9.53 Å². The Hall–Kier alpha value is -4.40. The summed E-state index contributed by atoms with van der Waals surface area (Å²) in [6.07, 6.45) is 5.50. The van der Waals surface area contributed by atoms with E-state index in [0.29, 0.717) is 45.7 Å². The second kappa shape index (κ2) is 13.9. The van der Waals surface area contributed by atoms with Gasteiger partial charge in [-0.25, -0.2) is 9.59 Å². The smallest absolute Gasteiger partial charge is 0.337 e. The number of terminal acetylenes is 1. The van der Waals surface area contributed by atoms with Crippen LogP contribution in [0.25, 0.3) is 0 Å². The maximum atomic E-state index is 12.4. The number of carbonyl (C=O) groups excluding carboxylic acids is 2. The van der Waals surface area contributed by atoms with Gasteiger partial charge in [-0.3, -0.25) is 5.43 Å². The first kappa shape index (κ1) is 29.2. The van der Waals surface area contributed by atoms with Crippen LogP contribution >= 0.6 is 11.6 Å². The van der Waals surface area contributed by atoms with Crippen molar-refractivity contribution in [2.45, 2.75) is 26.1 Å². The number of rotatable bonds is 12. The monoisotopic (exact) mass is 556 g/mol. The number of aliphatic hydroxyl groups is 1. The number of halogens is 1. The standard InChI is InChI=1S/C27H29ClN4O7/c1-5-11-38-20-10-8-19(28)12-18(20)14-29-32-23(33)15-39-21-9-7-17(13-22(21)37-6-2)25-24(26(34)36-4)16(3)30-27(35)31-25/h1,7-10,12-14,23,25,32-33H,6,11,15H2,2-4H3,(H2,30,31,35)/b29-14+/t23-,25-/m1/s1. The van der Waals surface area contributed by atoms with Gasteiger partial charge in [0.25, 0.3) is 0 Å². The van der Waals surface area contributed by atoms with Crippen molar-refractivity contribution in [1.82, 2.24) is 16.1 Å². The Morgan fingerprint density at radius 2 is 2.00 bits per heavy atom. The number of ether oxygens (including phenoxy) is 4. The summed E-state index contributed by atoms with van der Waals surface area (Å²) in [6, 6.07) is 8.71. The first-order chi connectivity index (χ1) is 18.8. The number of nitrogens with zero attached hydrogens (tertiary/aromatic N) is 1. The number of hydrazone groups is 1. The topological polar surface area (TPSA) is 140 Å². The minimum atomic E-state index is -1.18. The molecule has 4 N–H and O–H groups in total. The highest BCUT2D eigenvalue weighted by Crippen LogP contribution is 2.35. The van der Waals surface area contributed by atoms with Crippen molar-refractivity contribution in [3.8, 4) is 29.6 Å². The first-order valence-electron chi connectivity index (χ1n) is 11.9. The van der Waals surface area contributed by atoms with Crippen LogP contribution < -0.4 is 30.3 Å². The second-order valence-corrected chi connectivity index (χ2v) is 8.53. The molecule has 0 bridgehead atoms. The number of urea groups is 1. The van der Waals surface area contributed by atoms with Gasteiger partial charge in [0.15, 0.2) is 17.7 Å². The van der Waals surface area contributed by atoms with Gasteiger partial charge in [-0.15, -0.1) is 6.42 Å². The molecule has 0 spiro atoms. The normalized spacial score (nSPS) is 15.6. The van der Waals surface area contributed by atoms with E-state index in [-0.39, 0.29) is 18.8 Å². The predicted molar refractivity (Wildman–Crippen MR) is 145 cm³/mol. The molecule has 3 rings (SSSR count). The third kappa shape index (κ3) is 7.80. The number of allylic oxidation sites excluding steroid dienone is 1. The highest BCUT2D eigenvalue weighted by molar-refractivity contribution is 6.30. The van der Waals surface area contributed by atoms with Crippen LogP contribution in [-0.4, -0.2) is 56.5 Å². The number of benzene rings is 2. The molecule has 0 saturated carbocycles. The summed E-state index contributed by atoms with van der Waals surface area (Å²) in [4.78, 5) is 24.5. The molecule has 1 heterocycles. The van der Waals surface area contributed by atoms with E-state index in [1.165, 1.54) is 13.3 Å². The molecule has 2 amide bonds. The van der Waals surface area contributed by atoms with Crippen LogP contribution in [0.2, 0.25) is 5.02 Å². The highest BCUT2D eigenvalue weighted by Gasteiger charge is 2.32. The van der Waals surface area contributed by atoms with Crippen molar-refractivity contribution < 1.29 is 33.6 Å². The molecule has 0 fully saturated rings. The zero-order valence-electron chi connectivity index (χ0n) is 21.6. The number of amides is 2. The Bertz CT molecular complexity index is 1310. The molecule has 2 aromatic rings. The molecule has 0 saturated heterocycles. The lowest BCUT2D eigenvalue weighted by molar-refractivity contribution is -0.136. The van der Waals surface area contributed by atoms with Crippen LogP contribution in [0.15, 0.2) is 52.8 Å². The van der Waals surface area contributed by atoms with E-state index >= 15 is 0 Å². The average molecular weight is 557 g/mol. The number of nitrogens with one attached hydrogen (secondary N) is 3. The largest absolute Gasteiger partial charge is 0.490 e. The maximum absolute atomic E-state index is 12.4. The Balaban J connectivity index is 1.70. The SMILES string of the molecule is C#CCOc1ccc(Cl)cc1/C=N/N[C@H](O)COc1ccc([C@H]2NC(=O)NC(C)=C2C(=O)OC)cc1OCC. The average Bonchev–Trinajstić information content (AvgIpc) is 2.91. The van der Waals surface area contributed by atoms with Crippen LogP contribution in [0.5, 0.6) is 17.2 Å². The van der Waals surface area contributed by atoms with E-state index < -0.39 is 24.3 Å². The molecular formula is C27H29ClN4O7. The van der Waals surface area contributed by atoms with Gasteiger partial charge in [-0.1, -0.05) is 23.6 Å². The van der Waals surface area contributed by atoms with Gasteiger partial charge in [-0.2, -0.15) is 5.10 Å². The van der Waals surface area contributed by atoms with E-state index in [4.69, 9.17) is 37.0 Å². The van der Waals surface area contributed by atoms with Crippen LogP contribution in [0, 0.1) is 12.3 Å². The van der Waals surface area contributed by atoms with Gasteiger partial charge in [0.2, 0.25) is 0 Å². The van der Waals surface area contributed by atoms with E-state index in [1.807, 2.05) is 0 Å². The summed E-state index contributed by atoms with van der Waals surface area (Å²) in [5.74, 6) is 2.99. The minimum absolute atomic E-state index is 0.0806. The number of hydrogen-bond acceptors (Lipinski definition) is 9. The van der Waals surface area contributed by atoms with Gasteiger partial charge in [-0.05, 0) is 49.7 Å². The zero-order chi connectivity index (χ0) is 28.4. The van der Waals surface area contributed by atoms with Gasteiger partial charge < -0.3 is 34.7 Å². The Labute approximate surface area is 231 Å². The van der Waals surface area contributed by atoms with Crippen LogP contribution in [0.3, 0.4) is 0 Å². The van der Waals surface area contributed by atoms with Gasteiger partial charge in [0.1, 0.15) is 19.0 Å². The molecule has 206 valence electrons. The molecule has 0 aromatic heterocycles. The minimum Gasteiger partial charge on any atom is -0.490 e. The van der Waals surface area contributed by atoms with Crippen LogP contribution in [0.4, 0.5) is 4.79 Å². The Morgan fingerprint density at radius 1 is 1.23 bits per heavy atom. The summed E-state index contributed by atoms with van der Waals surface area (Å²) in [5.41, 5.74) is 4.35. The highest BCUT2D eigenvalue weighted by atomic mass is 35.5. The number of aliphatic hydroxyl groups excluding tert-OH is 1. The van der Waals surface area contributed by atoms with Crippen molar-refractivity contribution in [2.24, 2.45) is 5.10 Å². The fraction of sp³-hybridized carbons (Fsp3) is 0.296. The third-order valence-electron chi connectivity index (χ3n) is 5.38. The van der Waals surface area contributed by atoms with E-state index in [0.717, 1.165) is 0 Å². The summed E-state index contributed by atoms with van der Waals surface area (Å²) >= 11 is 6.05. The number of esters is 1. The molecule has 11 nitrogen and oxygen atoms in total. The molecule has 0 unspecified atom stereocenters. The molecule has 2 aromatic carbocycles. The van der Waals surface area contributed by atoms with Crippen molar-refractivity contribution in [2.75, 3.05) is 26.9 Å². The molecule has 0 aliphatic carbocycles. The van der Waals surface area contributed by atoms with Gasteiger partial charge >= 0.3 is 12.0 Å². The van der Waals surface area contributed by atoms with Crippen molar-refractivity contribution >= 4 is 29.8 Å². The lowest BCUT2D eigenvalue weighted by atomic mass is 9.95. The first-order valence-corrected chi connectivity index (χ1v) is 12.2. The summed E-state index contributed by atoms with van der Waals surface area (Å²) in [5, 5.41) is 20.1. The third-order valence-corrected chi connectivity index (χ3v) is 5.62. The lowest BCUT2D eigenvalue weighted by Crippen LogP contribution is -2.45. The van der Waals surface area contributed by atoms with Gasteiger partial charge in [0, 0.05) is 16.3 Å². The lowest BCUT2D eigenvalue weighted by Gasteiger charge is -2.28. The van der Waals surface area contributed by atoms with E-state index in [2.05, 4.69) is 27.1 Å². The van der Waals surface area contributed by atoms with Gasteiger partial charge in [0.05, 0.1) is 31.5 Å². The van der Waals surface area contributed by atoms with Crippen molar-refractivity contribution in [3.05, 3.63) is 63.8 Å². The van der Waals surface area contributed by atoms with Crippen molar-refractivity contribution in [3.63, 3.8) is 0 Å². The molecule has 2 atom stereocenters. The number of carbonyl (C=O) groups is 2. The van der Waals surface area contributed by atoms with Crippen LogP contribution in [0.1, 0.15) is 31.0 Å². The van der Waals surface area contributed by atoms with E-state index in [9.17, 15) is 14.7 Å². The molecule has 1 aliphatic rings. The Morgan fingerprint density at radius 3 is 2.72 bits per heavy atom. The predicted octanol–water partition coefficient (Wildman–Crippen LogP) is 2.87. The summed E-state index contributed by atoms with van der Waals surface area (Å²) in [6.45, 7) is 3.65. The maximum Gasteiger partial charge on any atom is 0.337 e. The molecule has 1 aliphatic heterocycles. The number of methoxy groups -OCH3 is 1. The fourth-order valence-electron chi connectivity index (χ4n) is 3.69. The summed E-state index contributed by atoms with van der Waals surface area (Å²) < 4.78 is 21.8.